The first-order chi connectivity index (χ1) is 9.52. The molecule has 0 atom stereocenters. The van der Waals surface area contributed by atoms with Crippen LogP contribution in [0.2, 0.25) is 0 Å². The van der Waals surface area contributed by atoms with Gasteiger partial charge in [-0.1, -0.05) is 43.7 Å². The summed E-state index contributed by atoms with van der Waals surface area (Å²) in [6.45, 7) is 9.04. The molecule has 0 radical (unpaired) electrons. The van der Waals surface area contributed by atoms with Crippen LogP contribution in [0.4, 0.5) is 0 Å². The van der Waals surface area contributed by atoms with Crippen LogP contribution in [-0.2, 0) is 16.1 Å². The van der Waals surface area contributed by atoms with Crippen molar-refractivity contribution in [3.63, 3.8) is 0 Å². The molecular formula is C16H25NO3. The summed E-state index contributed by atoms with van der Waals surface area (Å²) in [6, 6.07) is 7.99. The van der Waals surface area contributed by atoms with Crippen molar-refractivity contribution in [3.8, 4) is 0 Å². The summed E-state index contributed by atoms with van der Waals surface area (Å²) in [5.74, 6) is -1.05. The van der Waals surface area contributed by atoms with Crippen LogP contribution in [0.5, 0.6) is 0 Å². The first-order valence-electron chi connectivity index (χ1n) is 7.08. The van der Waals surface area contributed by atoms with Gasteiger partial charge in [0.1, 0.15) is 0 Å². The molecule has 0 saturated heterocycles. The third kappa shape index (κ3) is 6.92. The number of aliphatic carboxylic acids is 1. The molecule has 1 amide bonds. The van der Waals surface area contributed by atoms with Gasteiger partial charge in [-0.25, -0.2) is 0 Å². The number of carboxylic acid groups (broad SMARTS) is 1. The monoisotopic (exact) mass is 279 g/mol. The van der Waals surface area contributed by atoms with Gasteiger partial charge in [0.2, 0.25) is 5.91 Å². The first kappa shape index (κ1) is 18.2. The van der Waals surface area contributed by atoms with E-state index in [9.17, 15) is 9.59 Å². The molecule has 20 heavy (non-hydrogen) atoms. The zero-order chi connectivity index (χ0) is 15.5. The summed E-state index contributed by atoms with van der Waals surface area (Å²) in [7, 11) is 0. The Hall–Kier alpha value is -1.84. The summed E-state index contributed by atoms with van der Waals surface area (Å²) in [5, 5.41) is 8.57. The number of carbonyl (C=O) groups is 2. The lowest BCUT2D eigenvalue weighted by atomic mass is 10.1. The largest absolute Gasteiger partial charge is 0.481 e. The molecule has 0 fully saturated rings. The molecule has 4 nitrogen and oxygen atoms in total. The van der Waals surface area contributed by atoms with Gasteiger partial charge in [-0.15, -0.1) is 0 Å². The number of nitrogens with zero attached hydrogens (tertiary/aromatic N) is 1. The van der Waals surface area contributed by atoms with Crippen molar-refractivity contribution in [2.24, 2.45) is 0 Å². The van der Waals surface area contributed by atoms with Crippen molar-refractivity contribution in [3.05, 3.63) is 35.4 Å². The van der Waals surface area contributed by atoms with Crippen molar-refractivity contribution in [1.82, 2.24) is 4.90 Å². The van der Waals surface area contributed by atoms with Crippen LogP contribution in [0, 0.1) is 6.92 Å². The predicted octanol–water partition coefficient (Wildman–Crippen LogP) is 3.23. The van der Waals surface area contributed by atoms with E-state index >= 15 is 0 Å². The highest BCUT2D eigenvalue weighted by atomic mass is 16.4. The molecule has 112 valence electrons. The van der Waals surface area contributed by atoms with Gasteiger partial charge in [0, 0.05) is 19.5 Å². The van der Waals surface area contributed by atoms with Gasteiger partial charge >= 0.3 is 5.97 Å². The smallest absolute Gasteiger partial charge is 0.303 e. The molecule has 0 aliphatic rings. The van der Waals surface area contributed by atoms with E-state index in [2.05, 4.69) is 0 Å². The third-order valence-corrected chi connectivity index (χ3v) is 2.78. The van der Waals surface area contributed by atoms with Gasteiger partial charge < -0.3 is 10.0 Å². The lowest BCUT2D eigenvalue weighted by molar-refractivity contribution is -0.141. The van der Waals surface area contributed by atoms with E-state index in [1.807, 2.05) is 52.0 Å². The second-order valence-electron chi connectivity index (χ2n) is 4.29. The van der Waals surface area contributed by atoms with Gasteiger partial charge in [0.15, 0.2) is 0 Å². The average molecular weight is 279 g/mol. The molecule has 0 unspecified atom stereocenters. The Morgan fingerprint density at radius 3 is 2.10 bits per heavy atom. The van der Waals surface area contributed by atoms with Gasteiger partial charge in [-0.2, -0.15) is 0 Å². The molecule has 1 N–H and O–H groups in total. The fourth-order valence-electron chi connectivity index (χ4n) is 1.66. The van der Waals surface area contributed by atoms with E-state index < -0.39 is 5.97 Å². The fourth-order valence-corrected chi connectivity index (χ4v) is 1.66. The molecule has 1 aromatic carbocycles. The van der Waals surface area contributed by atoms with Crippen molar-refractivity contribution in [2.45, 2.75) is 47.1 Å². The van der Waals surface area contributed by atoms with Gasteiger partial charge in [0.25, 0.3) is 0 Å². The van der Waals surface area contributed by atoms with Gasteiger partial charge in [-0.3, -0.25) is 9.59 Å². The molecule has 1 aromatic rings. The Morgan fingerprint density at radius 1 is 1.10 bits per heavy atom. The first-order valence-corrected chi connectivity index (χ1v) is 7.08. The third-order valence-electron chi connectivity index (χ3n) is 2.78. The second-order valence-corrected chi connectivity index (χ2v) is 4.29. The molecule has 1 rings (SSSR count). The number of aryl methyl sites for hydroxylation is 1. The molecule has 4 heteroatoms. The fraction of sp³-hybridized carbons (Fsp3) is 0.500. The van der Waals surface area contributed by atoms with Crippen molar-refractivity contribution in [1.29, 1.82) is 0 Å². The number of amides is 1. The number of benzene rings is 1. The maximum atomic E-state index is 11.8. The number of hydrogen-bond donors (Lipinski definition) is 1. The Labute approximate surface area is 121 Å². The van der Waals surface area contributed by atoms with Crippen LogP contribution < -0.4 is 0 Å². The molecule has 0 saturated carbocycles. The minimum Gasteiger partial charge on any atom is -0.481 e. The lowest BCUT2D eigenvalue weighted by Crippen LogP contribution is -2.30. The van der Waals surface area contributed by atoms with E-state index in [-0.39, 0.29) is 18.7 Å². The summed E-state index contributed by atoms with van der Waals surface area (Å²) in [4.78, 5) is 23.9. The van der Waals surface area contributed by atoms with E-state index in [1.54, 1.807) is 4.90 Å². The molecule has 0 spiro atoms. The van der Waals surface area contributed by atoms with Crippen molar-refractivity contribution < 1.29 is 14.7 Å². The highest BCUT2D eigenvalue weighted by molar-refractivity contribution is 5.80. The van der Waals surface area contributed by atoms with Crippen LogP contribution >= 0.6 is 0 Å². The predicted molar refractivity (Wildman–Crippen MR) is 80.5 cm³/mol. The van der Waals surface area contributed by atoms with Crippen LogP contribution in [0.1, 0.15) is 44.7 Å². The van der Waals surface area contributed by atoms with E-state index in [0.29, 0.717) is 13.1 Å². The Bertz CT molecular complexity index is 412. The van der Waals surface area contributed by atoms with Crippen LogP contribution in [-0.4, -0.2) is 28.4 Å². The normalized spacial score (nSPS) is 9.40. The lowest BCUT2D eigenvalue weighted by Gasteiger charge is -2.20. The molecular weight excluding hydrogens is 254 g/mol. The minimum atomic E-state index is -0.935. The van der Waals surface area contributed by atoms with Gasteiger partial charge in [-0.05, 0) is 19.4 Å². The minimum absolute atomic E-state index is 0.0645. The highest BCUT2D eigenvalue weighted by Crippen LogP contribution is 2.08. The van der Waals surface area contributed by atoms with Crippen molar-refractivity contribution in [2.75, 3.05) is 6.54 Å². The zero-order valence-electron chi connectivity index (χ0n) is 12.8. The van der Waals surface area contributed by atoms with E-state index in [0.717, 1.165) is 5.56 Å². The van der Waals surface area contributed by atoms with Crippen LogP contribution in [0.25, 0.3) is 0 Å². The molecule has 0 bridgehead atoms. The number of carboxylic acids is 1. The molecule has 0 aromatic heterocycles. The topological polar surface area (TPSA) is 57.6 Å². The number of hydrogen-bond acceptors (Lipinski definition) is 2. The van der Waals surface area contributed by atoms with Crippen molar-refractivity contribution >= 4 is 11.9 Å². The summed E-state index contributed by atoms with van der Waals surface area (Å²) >= 11 is 0. The highest BCUT2D eigenvalue weighted by Gasteiger charge is 2.13. The Balaban J connectivity index is 0.00000172. The molecule has 0 aliphatic heterocycles. The quantitative estimate of drug-likeness (QED) is 0.869. The second kappa shape index (κ2) is 10.0. The maximum absolute atomic E-state index is 11.8. The van der Waals surface area contributed by atoms with E-state index in [1.165, 1.54) is 5.56 Å². The molecule has 0 heterocycles. The Morgan fingerprint density at radius 2 is 1.65 bits per heavy atom. The average Bonchev–Trinajstić information content (AvgIpc) is 2.46. The number of rotatable bonds is 6. The SMILES string of the molecule is CC.CCN(Cc1ccc(C)cc1)C(=O)CCC(=O)O. The Kier molecular flexibility index (Phi) is 9.09. The van der Waals surface area contributed by atoms with E-state index in [4.69, 9.17) is 5.11 Å². The van der Waals surface area contributed by atoms with Crippen LogP contribution in [0.3, 0.4) is 0 Å². The molecule has 0 aliphatic carbocycles. The summed E-state index contributed by atoms with van der Waals surface area (Å²) in [6.07, 6.45) is -0.0434. The standard InChI is InChI=1S/C14H19NO3.C2H6/c1-3-15(13(16)8-9-14(17)18)10-12-6-4-11(2)5-7-12;1-2/h4-7H,3,8-10H2,1-2H3,(H,17,18);1-2H3. The summed E-state index contributed by atoms with van der Waals surface area (Å²) < 4.78 is 0. The number of carbonyl (C=O) groups excluding carboxylic acids is 1. The summed E-state index contributed by atoms with van der Waals surface area (Å²) in [5.41, 5.74) is 2.24. The maximum Gasteiger partial charge on any atom is 0.303 e. The van der Waals surface area contributed by atoms with Gasteiger partial charge in [0.05, 0.1) is 6.42 Å². The van der Waals surface area contributed by atoms with Crippen LogP contribution in [0.15, 0.2) is 24.3 Å². The zero-order valence-corrected chi connectivity index (χ0v) is 12.8.